The number of halogens is 4. The maximum atomic E-state index is 13.6. The summed E-state index contributed by atoms with van der Waals surface area (Å²) in [6.07, 6.45) is -1.10. The third-order valence-corrected chi connectivity index (χ3v) is 6.78. The number of nitrogens with zero attached hydrogens (tertiary/aromatic N) is 6. The van der Waals surface area contributed by atoms with Crippen LogP contribution in [0.5, 0.6) is 5.75 Å². The molecule has 2 atom stereocenters. The van der Waals surface area contributed by atoms with Gasteiger partial charge in [0.2, 0.25) is 0 Å². The number of anilines is 1. The number of aromatic nitrogens is 4. The van der Waals surface area contributed by atoms with Crippen molar-refractivity contribution in [2.45, 2.75) is 12.8 Å². The van der Waals surface area contributed by atoms with E-state index in [1.807, 2.05) is 0 Å². The van der Waals surface area contributed by atoms with Crippen LogP contribution in [0.1, 0.15) is 16.8 Å². The summed E-state index contributed by atoms with van der Waals surface area (Å²) in [5.41, 5.74) is 1.63. The zero-order valence-electron chi connectivity index (χ0n) is 19.2. The van der Waals surface area contributed by atoms with Gasteiger partial charge in [0.05, 0.1) is 23.6 Å². The van der Waals surface area contributed by atoms with Crippen LogP contribution < -0.4 is 9.64 Å². The van der Waals surface area contributed by atoms with Gasteiger partial charge in [0.1, 0.15) is 11.3 Å². The molecule has 0 radical (unpaired) electrons. The molecule has 2 aliphatic rings. The second-order valence-corrected chi connectivity index (χ2v) is 9.67. The first-order chi connectivity index (χ1) is 17.7. The molecule has 0 N–H and O–H groups in total. The van der Waals surface area contributed by atoms with Gasteiger partial charge < -0.3 is 19.0 Å². The average Bonchev–Trinajstić information content (AvgIpc) is 3.52. The Labute approximate surface area is 213 Å². The molecule has 2 saturated heterocycles. The van der Waals surface area contributed by atoms with Crippen molar-refractivity contribution in [2.75, 3.05) is 31.1 Å². The fraction of sp³-hybridized carbons (Fsp3) is 0.333. The summed E-state index contributed by atoms with van der Waals surface area (Å²) in [5.74, 6) is -0.613. The first-order valence-electron chi connectivity index (χ1n) is 11.6. The maximum Gasteiger partial charge on any atom is 0.573 e. The van der Waals surface area contributed by atoms with Crippen molar-refractivity contribution >= 4 is 34.6 Å². The van der Waals surface area contributed by atoms with Crippen LogP contribution in [-0.4, -0.2) is 63.3 Å². The molecule has 0 spiro atoms. The number of hydrogen-bond acceptors (Lipinski definition) is 7. The summed E-state index contributed by atoms with van der Waals surface area (Å²) < 4.78 is 48.6. The number of ether oxygens (including phenoxy) is 1. The molecule has 0 saturated carbocycles. The van der Waals surface area contributed by atoms with Crippen LogP contribution >= 0.6 is 11.6 Å². The molecule has 2 bridgehead atoms. The number of rotatable bonds is 4. The first-order valence-corrected chi connectivity index (χ1v) is 12.0. The highest BCUT2D eigenvalue weighted by Crippen LogP contribution is 2.35. The van der Waals surface area contributed by atoms with Crippen molar-refractivity contribution in [1.82, 2.24) is 24.9 Å². The number of likely N-dealkylation sites (tertiary alicyclic amines) is 1. The summed E-state index contributed by atoms with van der Waals surface area (Å²) in [6.45, 7) is 2.14. The number of benzene rings is 2. The zero-order valence-corrected chi connectivity index (χ0v) is 20.0. The highest BCUT2D eigenvalue weighted by Gasteiger charge is 2.38. The quantitative estimate of drug-likeness (QED) is 0.381. The summed E-state index contributed by atoms with van der Waals surface area (Å²) in [7, 11) is 0. The van der Waals surface area contributed by atoms with Crippen molar-refractivity contribution in [3.63, 3.8) is 0 Å². The lowest BCUT2D eigenvalue weighted by molar-refractivity contribution is -0.274. The minimum atomic E-state index is -4.88. The van der Waals surface area contributed by atoms with Crippen LogP contribution in [0.15, 0.2) is 53.2 Å². The molecule has 4 aromatic rings. The summed E-state index contributed by atoms with van der Waals surface area (Å²) >= 11 is 6.07. The zero-order chi connectivity index (χ0) is 25.7. The summed E-state index contributed by atoms with van der Waals surface area (Å²) in [4.78, 5) is 23.2. The number of hydrogen-bond donors (Lipinski definition) is 0. The Bertz CT molecular complexity index is 1440. The second-order valence-electron chi connectivity index (χ2n) is 9.24. The van der Waals surface area contributed by atoms with Crippen LogP contribution in [0, 0.1) is 11.8 Å². The van der Waals surface area contributed by atoms with E-state index in [4.69, 9.17) is 16.0 Å². The van der Waals surface area contributed by atoms with Gasteiger partial charge in [-0.1, -0.05) is 11.6 Å². The Morgan fingerprint density at radius 3 is 2.46 bits per heavy atom. The van der Waals surface area contributed by atoms with Gasteiger partial charge in [-0.05, 0) is 54.7 Å². The number of oxazole rings is 1. The van der Waals surface area contributed by atoms with Gasteiger partial charge >= 0.3 is 6.36 Å². The van der Waals surface area contributed by atoms with Crippen LogP contribution in [-0.2, 0) is 0 Å². The summed E-state index contributed by atoms with van der Waals surface area (Å²) in [6, 6.07) is 9.36. The number of carbonyl (C=O) groups excluding carboxylic acids is 1. The van der Waals surface area contributed by atoms with Crippen molar-refractivity contribution in [3.05, 3.63) is 59.4 Å². The number of carbonyl (C=O) groups is 1. The predicted molar refractivity (Wildman–Crippen MR) is 127 cm³/mol. The van der Waals surface area contributed by atoms with Gasteiger partial charge in [-0.25, -0.2) is 0 Å². The lowest BCUT2D eigenvalue weighted by Crippen LogP contribution is -2.54. The van der Waals surface area contributed by atoms with E-state index in [1.54, 1.807) is 23.1 Å². The van der Waals surface area contributed by atoms with Crippen molar-refractivity contribution in [2.24, 2.45) is 11.8 Å². The van der Waals surface area contributed by atoms with Crippen molar-refractivity contribution in [1.29, 1.82) is 0 Å². The first kappa shape index (κ1) is 23.6. The van der Waals surface area contributed by atoms with E-state index in [9.17, 15) is 18.0 Å². The highest BCUT2D eigenvalue weighted by molar-refractivity contribution is 6.31. The minimum Gasteiger partial charge on any atom is -0.423 e. The van der Waals surface area contributed by atoms with E-state index in [-0.39, 0.29) is 23.1 Å². The Kier molecular flexibility index (Phi) is 5.70. The van der Waals surface area contributed by atoms with Crippen molar-refractivity contribution < 1.29 is 27.1 Å². The van der Waals surface area contributed by atoms with E-state index < -0.39 is 18.0 Å². The molecular formula is C24H20ClF3N6O3. The van der Waals surface area contributed by atoms with Crippen molar-refractivity contribution in [3.8, 4) is 11.4 Å². The van der Waals surface area contributed by atoms with Gasteiger partial charge in [-0.15, -0.1) is 13.2 Å². The predicted octanol–water partition coefficient (Wildman–Crippen LogP) is 4.56. The number of alkyl halides is 3. The Morgan fingerprint density at radius 2 is 1.76 bits per heavy atom. The third-order valence-electron chi connectivity index (χ3n) is 6.54. The topological polar surface area (TPSA) is 89.5 Å². The molecule has 0 aliphatic carbocycles. The lowest BCUT2D eigenvalue weighted by Gasteiger charge is -2.45. The molecule has 2 fully saturated rings. The fourth-order valence-corrected chi connectivity index (χ4v) is 5.36. The van der Waals surface area contributed by atoms with Gasteiger partial charge in [0.25, 0.3) is 11.9 Å². The molecule has 2 aliphatic heterocycles. The molecule has 2 aromatic carbocycles. The molecule has 4 heterocycles. The average molecular weight is 533 g/mol. The van der Waals surface area contributed by atoms with E-state index in [1.165, 1.54) is 23.3 Å². The Balaban J connectivity index is 1.24. The molecule has 13 heteroatoms. The molecule has 6 rings (SSSR count). The fourth-order valence-electron chi connectivity index (χ4n) is 5.19. The summed E-state index contributed by atoms with van der Waals surface area (Å²) in [5, 5.41) is 8.66. The second kappa shape index (κ2) is 8.94. The van der Waals surface area contributed by atoms with E-state index in [0.717, 1.165) is 18.6 Å². The monoisotopic (exact) mass is 532 g/mol. The van der Waals surface area contributed by atoms with Crippen LogP contribution in [0.25, 0.3) is 16.8 Å². The van der Waals surface area contributed by atoms with E-state index >= 15 is 0 Å². The lowest BCUT2D eigenvalue weighted by atomic mass is 9.84. The third kappa shape index (κ3) is 4.80. The molecular weight excluding hydrogens is 513 g/mol. The van der Waals surface area contributed by atoms with Gasteiger partial charge in [-0.2, -0.15) is 20.0 Å². The number of amides is 1. The molecule has 192 valence electrons. The van der Waals surface area contributed by atoms with Gasteiger partial charge in [0.15, 0.2) is 5.58 Å². The van der Waals surface area contributed by atoms with Crippen LogP contribution in [0.3, 0.4) is 0 Å². The normalized spacial score (nSPS) is 19.9. The molecule has 1 amide bonds. The SMILES string of the molecule is O=C(c1cc(OC(F)(F)F)ccc1-n1nccn1)N1CC2CC(C1)CN(c1nc3cc(Cl)ccc3o1)C2. The Hall–Kier alpha value is -3.80. The standard InChI is InChI=1S/C24H20ClF3N6O3/c25-16-1-4-21-19(8-16)31-23(36-21)33-12-14-7-15(13-33)11-32(10-14)22(35)18-9-17(37-24(26,27)28)2-3-20(18)34-29-5-6-30-34/h1-6,8-9,14-15H,7,10-13H2. The van der Waals surface area contributed by atoms with E-state index in [0.29, 0.717) is 48.3 Å². The Morgan fingerprint density at radius 1 is 1.03 bits per heavy atom. The molecule has 2 aromatic heterocycles. The minimum absolute atomic E-state index is 0.0330. The number of fused-ring (bicyclic) bond motifs is 3. The largest absolute Gasteiger partial charge is 0.573 e. The highest BCUT2D eigenvalue weighted by atomic mass is 35.5. The van der Waals surface area contributed by atoms with Gasteiger partial charge in [-0.3, -0.25) is 4.79 Å². The number of piperidine rings is 2. The van der Waals surface area contributed by atoms with Crippen LogP contribution in [0.2, 0.25) is 5.02 Å². The van der Waals surface area contributed by atoms with E-state index in [2.05, 4.69) is 24.8 Å². The molecule has 2 unspecified atom stereocenters. The smallest absolute Gasteiger partial charge is 0.423 e. The van der Waals surface area contributed by atoms with Gasteiger partial charge in [0, 0.05) is 31.2 Å². The maximum absolute atomic E-state index is 13.6. The van der Waals surface area contributed by atoms with Crippen LogP contribution in [0.4, 0.5) is 19.2 Å². The molecule has 9 nitrogen and oxygen atoms in total. The molecule has 37 heavy (non-hydrogen) atoms.